The fourth-order valence-electron chi connectivity index (χ4n) is 1.08. The zero-order chi connectivity index (χ0) is 11.3. The van der Waals surface area contributed by atoms with E-state index in [2.05, 4.69) is 10.2 Å². The summed E-state index contributed by atoms with van der Waals surface area (Å²) >= 11 is 0. The summed E-state index contributed by atoms with van der Waals surface area (Å²) in [6.45, 7) is 6.86. The van der Waals surface area contributed by atoms with Gasteiger partial charge in [-0.2, -0.15) is 0 Å². The van der Waals surface area contributed by atoms with E-state index in [1.54, 1.807) is 0 Å². The number of hydrogen-bond acceptors (Lipinski definition) is 4. The first-order valence-electron chi connectivity index (χ1n) is 4.19. The lowest BCUT2D eigenvalue weighted by Gasteiger charge is -2.05. The second-order valence-electron chi connectivity index (χ2n) is 2.72. The summed E-state index contributed by atoms with van der Waals surface area (Å²) in [4.78, 5) is 13.2. The maximum absolute atomic E-state index is 10.6. The minimum absolute atomic E-state index is 0.101. The molecule has 0 unspecified atom stereocenters. The van der Waals surface area contributed by atoms with E-state index in [1.165, 1.54) is 18.2 Å². The number of aliphatic hydroxyl groups is 1. The van der Waals surface area contributed by atoms with Crippen LogP contribution in [-0.4, -0.2) is 23.2 Å². The lowest BCUT2D eigenvalue weighted by Crippen LogP contribution is -2.07. The van der Waals surface area contributed by atoms with Gasteiger partial charge >= 0.3 is 0 Å². The Labute approximate surface area is 86.1 Å². The van der Waals surface area contributed by atoms with Gasteiger partial charge in [0.05, 0.1) is 18.1 Å². The van der Waals surface area contributed by atoms with E-state index in [-0.39, 0.29) is 24.5 Å². The molecule has 0 aromatic heterocycles. The van der Waals surface area contributed by atoms with Gasteiger partial charge in [-0.05, 0) is 12.1 Å². The summed E-state index contributed by atoms with van der Waals surface area (Å²) in [7, 11) is 0. The molecule has 0 atom stereocenters. The van der Waals surface area contributed by atoms with E-state index in [9.17, 15) is 10.1 Å². The summed E-state index contributed by atoms with van der Waals surface area (Å²) in [5, 5.41) is 21.9. The first-order chi connectivity index (χ1) is 7.19. The van der Waals surface area contributed by atoms with Crippen LogP contribution in [0.15, 0.2) is 18.2 Å². The van der Waals surface area contributed by atoms with Crippen LogP contribution in [0.3, 0.4) is 0 Å². The van der Waals surface area contributed by atoms with Crippen LogP contribution in [0.2, 0.25) is 0 Å². The van der Waals surface area contributed by atoms with Gasteiger partial charge < -0.3 is 10.4 Å². The Morgan fingerprint density at radius 1 is 1.60 bits per heavy atom. The molecule has 0 spiro atoms. The Morgan fingerprint density at radius 2 is 2.33 bits per heavy atom. The Morgan fingerprint density at radius 3 is 2.87 bits per heavy atom. The third-order valence-corrected chi connectivity index (χ3v) is 1.73. The van der Waals surface area contributed by atoms with Crippen molar-refractivity contribution >= 4 is 17.1 Å². The standard InChI is InChI=1S/C9H9N3O3/c1-10-7-2-3-9(12(14)15)8(6-7)11-4-5-13/h2-3,6,11,13H,4-5H2. The van der Waals surface area contributed by atoms with Gasteiger partial charge in [0.1, 0.15) is 5.69 Å². The molecule has 1 aromatic carbocycles. The predicted octanol–water partition coefficient (Wildman–Crippen LogP) is 1.55. The summed E-state index contributed by atoms with van der Waals surface area (Å²) in [5.74, 6) is 0. The third-order valence-electron chi connectivity index (χ3n) is 1.73. The molecule has 2 N–H and O–H groups in total. The number of anilines is 1. The fraction of sp³-hybridized carbons (Fsp3) is 0.222. The highest BCUT2D eigenvalue weighted by Crippen LogP contribution is 2.28. The molecule has 0 radical (unpaired) electrons. The Balaban J connectivity index is 3.06. The minimum Gasteiger partial charge on any atom is -0.395 e. The van der Waals surface area contributed by atoms with Crippen molar-refractivity contribution in [2.24, 2.45) is 0 Å². The van der Waals surface area contributed by atoms with E-state index < -0.39 is 4.92 Å². The van der Waals surface area contributed by atoms with Crippen LogP contribution in [0.25, 0.3) is 4.85 Å². The summed E-state index contributed by atoms with van der Waals surface area (Å²) in [6.07, 6.45) is 0. The molecule has 78 valence electrons. The van der Waals surface area contributed by atoms with Crippen molar-refractivity contribution in [3.8, 4) is 0 Å². The van der Waals surface area contributed by atoms with E-state index in [4.69, 9.17) is 11.7 Å². The second-order valence-corrected chi connectivity index (χ2v) is 2.72. The van der Waals surface area contributed by atoms with Gasteiger partial charge in [0.25, 0.3) is 5.69 Å². The Kier molecular flexibility index (Phi) is 3.60. The smallest absolute Gasteiger partial charge is 0.289 e. The van der Waals surface area contributed by atoms with Crippen molar-refractivity contribution in [2.45, 2.75) is 0 Å². The van der Waals surface area contributed by atoms with Crippen LogP contribution in [-0.2, 0) is 0 Å². The number of aliphatic hydroxyl groups excluding tert-OH is 1. The van der Waals surface area contributed by atoms with Gasteiger partial charge in [-0.1, -0.05) is 0 Å². The number of nitro groups is 1. The quantitative estimate of drug-likeness (QED) is 0.446. The Hall–Kier alpha value is -2.13. The fourth-order valence-corrected chi connectivity index (χ4v) is 1.08. The van der Waals surface area contributed by atoms with E-state index in [1.807, 2.05) is 0 Å². The molecule has 0 saturated carbocycles. The molecule has 1 aromatic rings. The molecule has 0 fully saturated rings. The molecule has 1 rings (SSSR count). The molecule has 0 aliphatic heterocycles. The molecular formula is C9H9N3O3. The van der Waals surface area contributed by atoms with Crippen LogP contribution in [0.4, 0.5) is 17.1 Å². The molecule has 6 heteroatoms. The number of hydrogen-bond donors (Lipinski definition) is 2. The first kappa shape index (κ1) is 10.9. The van der Waals surface area contributed by atoms with E-state index >= 15 is 0 Å². The predicted molar refractivity (Wildman–Crippen MR) is 54.9 cm³/mol. The van der Waals surface area contributed by atoms with Crippen molar-refractivity contribution < 1.29 is 10.0 Å². The molecule has 0 bridgehead atoms. The first-order valence-corrected chi connectivity index (χ1v) is 4.19. The normalized spacial score (nSPS) is 9.33. The third kappa shape index (κ3) is 2.65. The maximum atomic E-state index is 10.6. The topological polar surface area (TPSA) is 79.8 Å². The molecular weight excluding hydrogens is 198 g/mol. The highest BCUT2D eigenvalue weighted by Gasteiger charge is 2.13. The van der Waals surface area contributed by atoms with Gasteiger partial charge in [-0.15, -0.1) is 0 Å². The molecule has 0 saturated heterocycles. The summed E-state index contributed by atoms with van der Waals surface area (Å²) < 4.78 is 0. The minimum atomic E-state index is -0.534. The van der Waals surface area contributed by atoms with Crippen molar-refractivity contribution in [3.05, 3.63) is 39.7 Å². The number of nitrogens with zero attached hydrogens (tertiary/aromatic N) is 2. The number of nitro benzene ring substituents is 1. The van der Waals surface area contributed by atoms with Crippen LogP contribution in [0.5, 0.6) is 0 Å². The van der Waals surface area contributed by atoms with Crippen LogP contribution < -0.4 is 5.32 Å². The molecule has 15 heavy (non-hydrogen) atoms. The van der Waals surface area contributed by atoms with E-state index in [0.29, 0.717) is 5.69 Å². The highest BCUT2D eigenvalue weighted by molar-refractivity contribution is 5.68. The van der Waals surface area contributed by atoms with Crippen LogP contribution in [0, 0.1) is 16.7 Å². The number of benzene rings is 1. The van der Waals surface area contributed by atoms with Gasteiger partial charge in [0.15, 0.2) is 5.69 Å². The molecule has 6 nitrogen and oxygen atoms in total. The zero-order valence-electron chi connectivity index (χ0n) is 7.80. The second kappa shape index (κ2) is 4.93. The largest absolute Gasteiger partial charge is 0.395 e. The molecule has 0 amide bonds. The SMILES string of the molecule is [C-]#[N+]c1ccc([N+](=O)[O-])c(NCCO)c1. The van der Waals surface area contributed by atoms with Crippen LogP contribution >= 0.6 is 0 Å². The monoisotopic (exact) mass is 207 g/mol. The van der Waals surface area contributed by atoms with Gasteiger partial charge in [-0.3, -0.25) is 10.1 Å². The van der Waals surface area contributed by atoms with Crippen molar-refractivity contribution in [2.75, 3.05) is 18.5 Å². The maximum Gasteiger partial charge on any atom is 0.289 e. The molecule has 0 aliphatic rings. The molecule has 0 aliphatic carbocycles. The van der Waals surface area contributed by atoms with Gasteiger partial charge in [0, 0.05) is 12.6 Å². The zero-order valence-corrected chi connectivity index (χ0v) is 7.80. The van der Waals surface area contributed by atoms with Crippen molar-refractivity contribution in [1.82, 2.24) is 0 Å². The highest BCUT2D eigenvalue weighted by atomic mass is 16.6. The number of nitrogens with one attached hydrogen (secondary N) is 1. The Bertz CT molecular complexity index is 412. The average Bonchev–Trinajstić information content (AvgIpc) is 2.25. The lowest BCUT2D eigenvalue weighted by atomic mass is 10.2. The van der Waals surface area contributed by atoms with Gasteiger partial charge in [-0.25, -0.2) is 4.85 Å². The summed E-state index contributed by atoms with van der Waals surface area (Å²) in [5.41, 5.74) is 0.472. The van der Waals surface area contributed by atoms with Crippen LogP contribution in [0.1, 0.15) is 0 Å². The van der Waals surface area contributed by atoms with Gasteiger partial charge in [0.2, 0.25) is 0 Å². The van der Waals surface area contributed by atoms with E-state index in [0.717, 1.165) is 0 Å². The lowest BCUT2D eigenvalue weighted by molar-refractivity contribution is -0.383. The van der Waals surface area contributed by atoms with Crippen molar-refractivity contribution in [1.29, 1.82) is 0 Å². The average molecular weight is 207 g/mol. The number of rotatable bonds is 4. The van der Waals surface area contributed by atoms with Crippen molar-refractivity contribution in [3.63, 3.8) is 0 Å². The molecule has 0 heterocycles. The summed E-state index contributed by atoms with van der Waals surface area (Å²) in [6, 6.07) is 4.04.